The molecule has 0 nitrogen and oxygen atoms in total. The summed E-state index contributed by atoms with van der Waals surface area (Å²) in [6.07, 6.45) is 11.5. The first kappa shape index (κ1) is 11.3. The Morgan fingerprint density at radius 2 is 2.12 bits per heavy atom. The Morgan fingerprint density at radius 1 is 1.50 bits per heavy atom. The smallest absolute Gasteiger partial charge is 0.0108 e. The average Bonchev–Trinajstić information content (AvgIpc) is 2.23. The van der Waals surface area contributed by atoms with Gasteiger partial charge in [-0.05, 0) is 0 Å². The molecular weight excluding hydrogens is 155 g/mol. The summed E-state index contributed by atoms with van der Waals surface area (Å²) in [6, 6.07) is 0. The molecule has 0 spiro atoms. The molecule has 2 heteroatoms. The summed E-state index contributed by atoms with van der Waals surface area (Å²) in [5.74, 6) is 0. The minimum atomic E-state index is 0. The van der Waals surface area contributed by atoms with Crippen molar-refractivity contribution in [2.45, 2.75) is 6.42 Å². The summed E-state index contributed by atoms with van der Waals surface area (Å²) >= 11 is 4.64. The third kappa shape index (κ3) is 6.48. The van der Waals surface area contributed by atoms with Crippen LogP contribution in [0, 0.1) is 6.08 Å². The van der Waals surface area contributed by atoms with Gasteiger partial charge in [-0.25, -0.2) is 12.2 Å². The van der Waals surface area contributed by atoms with Crippen molar-refractivity contribution < 1.29 is 21.7 Å². The normalized spacial score (nSPS) is 11.8. The van der Waals surface area contributed by atoms with Gasteiger partial charge in [0, 0.05) is 28.1 Å². The van der Waals surface area contributed by atoms with Crippen LogP contribution in [0.1, 0.15) is 6.42 Å². The summed E-state index contributed by atoms with van der Waals surface area (Å²) in [6.45, 7) is 0. The van der Waals surface area contributed by atoms with Crippen LogP contribution in [-0.4, -0.2) is 6.38 Å². The van der Waals surface area contributed by atoms with Crippen molar-refractivity contribution in [2.75, 3.05) is 6.38 Å². The number of halogens is 1. The molecule has 0 atom stereocenters. The fraction of sp³-hybridized carbons (Fsp3) is 0.333. The summed E-state index contributed by atoms with van der Waals surface area (Å²) in [7, 11) is 0. The maximum atomic E-state index is 4.64. The zero-order chi connectivity index (χ0) is 5.54. The molecule has 0 aromatic carbocycles. The van der Waals surface area contributed by atoms with Crippen LogP contribution in [0.5, 0.6) is 0 Å². The standard InChI is InChI=1S/C5H5.CH3Cl.Ti/c1-2-4-5-3-1;1-2;/h1-3H,4H2;1H3;/q-1;;. The third-order valence-electron chi connectivity index (χ3n) is 0.586. The summed E-state index contributed by atoms with van der Waals surface area (Å²) < 4.78 is 0. The van der Waals surface area contributed by atoms with Gasteiger partial charge in [-0.3, -0.25) is 6.08 Å². The number of hydrogen-bond acceptors (Lipinski definition) is 0. The zero-order valence-electron chi connectivity index (χ0n) is 4.82. The first-order chi connectivity index (χ1) is 3.50. The van der Waals surface area contributed by atoms with Crippen LogP contribution < -0.4 is 0 Å². The van der Waals surface area contributed by atoms with Gasteiger partial charge in [0.05, 0.1) is 0 Å². The molecule has 0 heterocycles. The van der Waals surface area contributed by atoms with E-state index in [9.17, 15) is 0 Å². The van der Waals surface area contributed by atoms with Crippen LogP contribution in [0.4, 0.5) is 0 Å². The van der Waals surface area contributed by atoms with Gasteiger partial charge in [0.25, 0.3) is 0 Å². The molecule has 1 rings (SSSR count). The number of rotatable bonds is 0. The third-order valence-corrected chi connectivity index (χ3v) is 0.586. The van der Waals surface area contributed by atoms with E-state index in [4.69, 9.17) is 0 Å². The summed E-state index contributed by atoms with van der Waals surface area (Å²) in [5.41, 5.74) is 0. The predicted octanol–water partition coefficient (Wildman–Crippen LogP) is 2.16. The van der Waals surface area contributed by atoms with Crippen LogP contribution in [0.2, 0.25) is 0 Å². The maximum absolute atomic E-state index is 4.64. The molecule has 0 bridgehead atoms. The predicted molar refractivity (Wildman–Crippen MR) is 33.3 cm³/mol. The molecule has 0 aliphatic heterocycles. The SMILES string of the molecule is CCl.[C-]1=CC=CC1.[Ti]. The Labute approximate surface area is 70.5 Å². The Morgan fingerprint density at radius 3 is 2.25 bits per heavy atom. The number of allylic oxidation sites excluding steroid dienone is 4. The van der Waals surface area contributed by atoms with E-state index < -0.39 is 0 Å². The Balaban J connectivity index is 0. The zero-order valence-corrected chi connectivity index (χ0v) is 7.13. The fourth-order valence-electron chi connectivity index (χ4n) is 0.340. The van der Waals surface area contributed by atoms with Crippen LogP contribution in [-0.2, 0) is 21.7 Å². The van der Waals surface area contributed by atoms with E-state index in [2.05, 4.69) is 23.8 Å². The molecule has 1 aliphatic carbocycles. The van der Waals surface area contributed by atoms with Crippen molar-refractivity contribution in [3.8, 4) is 0 Å². The number of alkyl halides is 1. The van der Waals surface area contributed by atoms with Gasteiger partial charge in [-0.1, -0.05) is 0 Å². The van der Waals surface area contributed by atoms with E-state index in [1.165, 1.54) is 6.38 Å². The topological polar surface area (TPSA) is 0 Å². The van der Waals surface area contributed by atoms with Crippen molar-refractivity contribution in [1.29, 1.82) is 0 Å². The van der Waals surface area contributed by atoms with E-state index in [0.29, 0.717) is 0 Å². The van der Waals surface area contributed by atoms with Gasteiger partial charge in [0.2, 0.25) is 0 Å². The van der Waals surface area contributed by atoms with Crippen molar-refractivity contribution in [3.63, 3.8) is 0 Å². The molecule has 0 saturated carbocycles. The first-order valence-corrected chi connectivity index (χ1v) is 2.85. The molecule has 44 valence electrons. The summed E-state index contributed by atoms with van der Waals surface area (Å²) in [5, 5.41) is 0. The van der Waals surface area contributed by atoms with Crippen molar-refractivity contribution >= 4 is 11.6 Å². The summed E-state index contributed by atoms with van der Waals surface area (Å²) in [4.78, 5) is 0. The quantitative estimate of drug-likeness (QED) is 0.292. The Hall–Kier alpha value is 0.484. The first-order valence-electron chi connectivity index (χ1n) is 2.10. The fourth-order valence-corrected chi connectivity index (χ4v) is 0.340. The van der Waals surface area contributed by atoms with E-state index in [1.807, 2.05) is 12.2 Å². The van der Waals surface area contributed by atoms with E-state index in [1.54, 1.807) is 0 Å². The van der Waals surface area contributed by atoms with Crippen molar-refractivity contribution in [3.05, 3.63) is 24.3 Å². The molecular formula is C6H8ClTi-. The number of hydrogen-bond donors (Lipinski definition) is 0. The molecule has 0 aromatic heterocycles. The van der Waals surface area contributed by atoms with Gasteiger partial charge in [0.15, 0.2) is 0 Å². The molecule has 0 aromatic rings. The van der Waals surface area contributed by atoms with E-state index in [-0.39, 0.29) is 21.7 Å². The van der Waals surface area contributed by atoms with Gasteiger partial charge in [-0.15, -0.1) is 18.0 Å². The molecule has 1 aliphatic rings. The second-order valence-electron chi connectivity index (χ2n) is 1.00. The molecule has 0 amide bonds. The van der Waals surface area contributed by atoms with Crippen molar-refractivity contribution in [2.24, 2.45) is 0 Å². The minimum absolute atomic E-state index is 0. The van der Waals surface area contributed by atoms with Gasteiger partial charge in [-0.2, -0.15) is 6.08 Å². The maximum Gasteiger partial charge on any atom is 0.0108 e. The van der Waals surface area contributed by atoms with Gasteiger partial charge in [0.1, 0.15) is 0 Å². The van der Waals surface area contributed by atoms with E-state index >= 15 is 0 Å². The van der Waals surface area contributed by atoms with Crippen LogP contribution in [0.15, 0.2) is 18.2 Å². The molecule has 0 fully saturated rings. The minimum Gasteiger partial charge on any atom is -0.273 e. The molecule has 8 heavy (non-hydrogen) atoms. The van der Waals surface area contributed by atoms with Gasteiger partial charge >= 0.3 is 0 Å². The molecule has 0 N–H and O–H groups in total. The van der Waals surface area contributed by atoms with Crippen LogP contribution in [0.3, 0.4) is 0 Å². The molecule has 0 saturated heterocycles. The largest absolute Gasteiger partial charge is 0.273 e. The second kappa shape index (κ2) is 10.5. The molecule has 0 unspecified atom stereocenters. The molecule has 0 radical (unpaired) electrons. The average molecular weight is 163 g/mol. The second-order valence-corrected chi connectivity index (χ2v) is 1.00. The van der Waals surface area contributed by atoms with Crippen LogP contribution in [0.25, 0.3) is 0 Å². The van der Waals surface area contributed by atoms with Crippen LogP contribution >= 0.6 is 11.6 Å². The Bertz CT molecular complexity index is 66.6. The monoisotopic (exact) mass is 163 g/mol. The van der Waals surface area contributed by atoms with Crippen molar-refractivity contribution in [1.82, 2.24) is 0 Å². The van der Waals surface area contributed by atoms with E-state index in [0.717, 1.165) is 6.42 Å². The van der Waals surface area contributed by atoms with Gasteiger partial charge < -0.3 is 0 Å². The Kier molecular flexibility index (Phi) is 14.8.